The molecule has 0 bridgehead atoms. The Morgan fingerprint density at radius 2 is 2.12 bits per heavy atom. The molecular formula is C18H21N5O2. The van der Waals surface area contributed by atoms with Crippen molar-refractivity contribution in [2.24, 2.45) is 0 Å². The fourth-order valence-electron chi connectivity index (χ4n) is 2.51. The zero-order chi connectivity index (χ0) is 17.6. The lowest BCUT2D eigenvalue weighted by Gasteiger charge is -2.15. The standard InChI is InChI=1S/C18H21N5O2/c1-12-5-4-9-19-17(12)13(2)21-15-7-6-14(11-20-15)18-22-16(23-25-18)8-10-24-3/h4-7,9,11,13H,8,10H2,1-3H3,(H,20,21)/t13-/m0/s1. The molecule has 7 nitrogen and oxygen atoms in total. The van der Waals surface area contributed by atoms with Crippen molar-refractivity contribution >= 4 is 5.82 Å². The highest BCUT2D eigenvalue weighted by molar-refractivity contribution is 5.54. The molecule has 0 fully saturated rings. The number of nitrogens with one attached hydrogen (secondary N) is 1. The van der Waals surface area contributed by atoms with Gasteiger partial charge in [-0.2, -0.15) is 4.98 Å². The van der Waals surface area contributed by atoms with Gasteiger partial charge in [0.15, 0.2) is 5.82 Å². The third kappa shape index (κ3) is 4.19. The van der Waals surface area contributed by atoms with E-state index in [0.717, 1.165) is 22.6 Å². The highest BCUT2D eigenvalue weighted by Crippen LogP contribution is 2.21. The zero-order valence-electron chi connectivity index (χ0n) is 14.6. The summed E-state index contributed by atoms with van der Waals surface area (Å²) in [5, 5.41) is 7.29. The Morgan fingerprint density at radius 3 is 2.84 bits per heavy atom. The van der Waals surface area contributed by atoms with E-state index in [9.17, 15) is 0 Å². The van der Waals surface area contributed by atoms with E-state index in [0.29, 0.717) is 24.7 Å². The molecule has 3 aromatic heterocycles. The van der Waals surface area contributed by atoms with Crippen molar-refractivity contribution in [3.63, 3.8) is 0 Å². The lowest BCUT2D eigenvalue weighted by atomic mass is 10.1. The van der Waals surface area contributed by atoms with Gasteiger partial charge in [0.25, 0.3) is 5.89 Å². The van der Waals surface area contributed by atoms with Gasteiger partial charge in [0.2, 0.25) is 0 Å². The van der Waals surface area contributed by atoms with Crippen molar-refractivity contribution in [2.75, 3.05) is 19.0 Å². The maximum Gasteiger partial charge on any atom is 0.259 e. The van der Waals surface area contributed by atoms with Gasteiger partial charge in [0.1, 0.15) is 5.82 Å². The van der Waals surface area contributed by atoms with E-state index in [4.69, 9.17) is 9.26 Å². The van der Waals surface area contributed by atoms with Crippen LogP contribution in [0.15, 0.2) is 41.2 Å². The highest BCUT2D eigenvalue weighted by Gasteiger charge is 2.12. The molecule has 0 aliphatic rings. The number of hydrogen-bond donors (Lipinski definition) is 1. The monoisotopic (exact) mass is 339 g/mol. The Bertz CT molecular complexity index is 816. The summed E-state index contributed by atoms with van der Waals surface area (Å²) in [6, 6.07) is 7.84. The number of aromatic nitrogens is 4. The Kier molecular flexibility index (Phi) is 5.35. The summed E-state index contributed by atoms with van der Waals surface area (Å²) in [4.78, 5) is 13.2. The van der Waals surface area contributed by atoms with Gasteiger partial charge in [0, 0.05) is 25.9 Å². The van der Waals surface area contributed by atoms with Crippen LogP contribution in [0.2, 0.25) is 0 Å². The van der Waals surface area contributed by atoms with Gasteiger partial charge >= 0.3 is 0 Å². The normalized spacial score (nSPS) is 12.1. The number of anilines is 1. The first-order chi connectivity index (χ1) is 12.2. The fraction of sp³-hybridized carbons (Fsp3) is 0.333. The summed E-state index contributed by atoms with van der Waals surface area (Å²) >= 11 is 0. The first kappa shape index (κ1) is 17.0. The summed E-state index contributed by atoms with van der Waals surface area (Å²) in [6.07, 6.45) is 4.13. The average Bonchev–Trinajstić information content (AvgIpc) is 3.10. The van der Waals surface area contributed by atoms with Crippen LogP contribution in [-0.4, -0.2) is 33.8 Å². The van der Waals surface area contributed by atoms with E-state index in [1.54, 1.807) is 19.5 Å². The van der Waals surface area contributed by atoms with E-state index in [1.807, 2.05) is 31.2 Å². The molecule has 25 heavy (non-hydrogen) atoms. The molecule has 0 amide bonds. The average molecular weight is 339 g/mol. The van der Waals surface area contributed by atoms with Crippen LogP contribution in [0, 0.1) is 6.92 Å². The van der Waals surface area contributed by atoms with Crippen molar-refractivity contribution in [2.45, 2.75) is 26.3 Å². The number of hydrogen-bond acceptors (Lipinski definition) is 7. The predicted octanol–water partition coefficient (Wildman–Crippen LogP) is 3.20. The second kappa shape index (κ2) is 7.85. The maximum absolute atomic E-state index is 5.27. The van der Waals surface area contributed by atoms with Crippen molar-refractivity contribution in [1.82, 2.24) is 20.1 Å². The number of ether oxygens (including phenoxy) is 1. The van der Waals surface area contributed by atoms with Crippen molar-refractivity contribution < 1.29 is 9.26 Å². The minimum Gasteiger partial charge on any atom is -0.384 e. The van der Waals surface area contributed by atoms with Crippen LogP contribution in [-0.2, 0) is 11.2 Å². The Morgan fingerprint density at radius 1 is 1.24 bits per heavy atom. The predicted molar refractivity (Wildman–Crippen MR) is 94.1 cm³/mol. The molecule has 7 heteroatoms. The number of nitrogens with zero attached hydrogens (tertiary/aromatic N) is 4. The van der Waals surface area contributed by atoms with E-state index in [1.165, 1.54) is 0 Å². The van der Waals surface area contributed by atoms with Crippen molar-refractivity contribution in [3.05, 3.63) is 53.7 Å². The molecule has 0 spiro atoms. The maximum atomic E-state index is 5.27. The summed E-state index contributed by atoms with van der Waals surface area (Å²) in [6.45, 7) is 4.67. The fourth-order valence-corrected chi connectivity index (χ4v) is 2.51. The number of rotatable bonds is 7. The van der Waals surface area contributed by atoms with E-state index in [-0.39, 0.29) is 6.04 Å². The molecule has 0 saturated carbocycles. The van der Waals surface area contributed by atoms with Crippen LogP contribution >= 0.6 is 0 Å². The van der Waals surface area contributed by atoms with Crippen LogP contribution < -0.4 is 5.32 Å². The van der Waals surface area contributed by atoms with Crippen molar-refractivity contribution in [3.8, 4) is 11.5 Å². The minimum atomic E-state index is 0.0589. The van der Waals surface area contributed by atoms with Gasteiger partial charge in [-0.15, -0.1) is 0 Å². The van der Waals surface area contributed by atoms with E-state index < -0.39 is 0 Å². The van der Waals surface area contributed by atoms with E-state index in [2.05, 4.69) is 32.3 Å². The van der Waals surface area contributed by atoms with Crippen molar-refractivity contribution in [1.29, 1.82) is 0 Å². The molecule has 3 rings (SSSR count). The Balaban J connectivity index is 1.68. The molecule has 3 aromatic rings. The summed E-state index contributed by atoms with van der Waals surface area (Å²) in [5.74, 6) is 1.84. The van der Waals surface area contributed by atoms with Gasteiger partial charge in [-0.05, 0) is 37.6 Å². The smallest absolute Gasteiger partial charge is 0.259 e. The Labute approximate surface area is 146 Å². The van der Waals surface area contributed by atoms with Gasteiger partial charge < -0.3 is 14.6 Å². The van der Waals surface area contributed by atoms with Gasteiger partial charge in [0.05, 0.1) is 23.9 Å². The second-order valence-corrected chi connectivity index (χ2v) is 5.76. The Hall–Kier alpha value is -2.80. The topological polar surface area (TPSA) is 86.0 Å². The highest BCUT2D eigenvalue weighted by atomic mass is 16.5. The summed E-state index contributed by atoms with van der Waals surface area (Å²) in [5.41, 5.74) is 2.94. The van der Waals surface area contributed by atoms with Crippen LogP contribution in [0.3, 0.4) is 0 Å². The zero-order valence-corrected chi connectivity index (χ0v) is 14.6. The van der Waals surface area contributed by atoms with Crippen LogP contribution in [0.5, 0.6) is 0 Å². The molecule has 1 atom stereocenters. The molecule has 1 N–H and O–H groups in total. The number of methoxy groups -OCH3 is 1. The largest absolute Gasteiger partial charge is 0.384 e. The summed E-state index contributed by atoms with van der Waals surface area (Å²) < 4.78 is 10.3. The van der Waals surface area contributed by atoms with Crippen LogP contribution in [0.1, 0.15) is 30.0 Å². The third-order valence-corrected chi connectivity index (χ3v) is 3.83. The SMILES string of the molecule is COCCc1noc(-c2ccc(N[C@@H](C)c3ncccc3C)nc2)n1. The molecule has 0 aliphatic carbocycles. The molecular weight excluding hydrogens is 318 g/mol. The molecule has 0 aromatic carbocycles. The van der Waals surface area contributed by atoms with Crippen LogP contribution in [0.4, 0.5) is 5.82 Å². The molecule has 3 heterocycles. The molecule has 130 valence electrons. The number of pyridine rings is 2. The lowest BCUT2D eigenvalue weighted by molar-refractivity contribution is 0.199. The molecule has 0 radical (unpaired) electrons. The van der Waals surface area contributed by atoms with Gasteiger partial charge in [-0.25, -0.2) is 4.98 Å². The minimum absolute atomic E-state index is 0.0589. The first-order valence-corrected chi connectivity index (χ1v) is 8.13. The van der Waals surface area contributed by atoms with Crippen LogP contribution in [0.25, 0.3) is 11.5 Å². The summed E-state index contributed by atoms with van der Waals surface area (Å²) in [7, 11) is 1.64. The quantitative estimate of drug-likeness (QED) is 0.707. The first-order valence-electron chi connectivity index (χ1n) is 8.13. The van der Waals surface area contributed by atoms with Gasteiger partial charge in [-0.3, -0.25) is 4.98 Å². The molecule has 0 aliphatic heterocycles. The lowest BCUT2D eigenvalue weighted by Crippen LogP contribution is -2.10. The number of aryl methyl sites for hydroxylation is 1. The third-order valence-electron chi connectivity index (χ3n) is 3.83. The second-order valence-electron chi connectivity index (χ2n) is 5.76. The van der Waals surface area contributed by atoms with E-state index >= 15 is 0 Å². The van der Waals surface area contributed by atoms with Gasteiger partial charge in [-0.1, -0.05) is 11.2 Å². The molecule has 0 saturated heterocycles. The molecule has 0 unspecified atom stereocenters.